The minimum atomic E-state index is 0.0545. The number of benzene rings is 1. The molecule has 4 rings (SSSR count). The van der Waals surface area contributed by atoms with Crippen LogP contribution in [-0.2, 0) is 6.42 Å². The molecule has 1 aliphatic rings. The molecule has 122 valence electrons. The molecule has 1 aromatic carbocycles. The molecular weight excluding hydrogens is 322 g/mol. The van der Waals surface area contributed by atoms with Crippen LogP contribution in [0.25, 0.3) is 11.1 Å². The van der Waals surface area contributed by atoms with Gasteiger partial charge in [-0.1, -0.05) is 30.7 Å². The highest BCUT2D eigenvalue weighted by atomic mass is 35.5. The van der Waals surface area contributed by atoms with E-state index < -0.39 is 0 Å². The normalized spacial score (nSPS) is 16.8. The summed E-state index contributed by atoms with van der Waals surface area (Å²) in [5.74, 6) is 1.82. The van der Waals surface area contributed by atoms with Crippen molar-refractivity contribution in [3.8, 4) is 11.1 Å². The van der Waals surface area contributed by atoms with Crippen molar-refractivity contribution in [1.29, 1.82) is 0 Å². The van der Waals surface area contributed by atoms with Crippen molar-refractivity contribution in [1.82, 2.24) is 9.78 Å². The highest BCUT2D eigenvalue weighted by Crippen LogP contribution is 2.41. The molecular formula is C19H18ClN3O. The summed E-state index contributed by atoms with van der Waals surface area (Å²) in [5, 5.41) is 5.58. The largest absolute Gasteiger partial charge is 0.467 e. The summed E-state index contributed by atoms with van der Waals surface area (Å²) in [5.41, 5.74) is 4.31. The van der Waals surface area contributed by atoms with Crippen LogP contribution in [0.1, 0.15) is 37.8 Å². The van der Waals surface area contributed by atoms with Crippen LogP contribution in [0.2, 0.25) is 5.02 Å². The molecule has 0 amide bonds. The Morgan fingerprint density at radius 2 is 2.04 bits per heavy atom. The van der Waals surface area contributed by atoms with Gasteiger partial charge in [0.15, 0.2) is 5.82 Å². The van der Waals surface area contributed by atoms with Crippen LogP contribution in [0, 0.1) is 0 Å². The Morgan fingerprint density at radius 3 is 2.71 bits per heavy atom. The van der Waals surface area contributed by atoms with E-state index in [1.807, 2.05) is 41.1 Å². The Labute approximate surface area is 145 Å². The van der Waals surface area contributed by atoms with Crippen molar-refractivity contribution in [2.45, 2.75) is 32.7 Å². The fraction of sp³-hybridized carbons (Fsp3) is 0.263. The third-order valence-electron chi connectivity index (χ3n) is 4.38. The fourth-order valence-electron chi connectivity index (χ4n) is 3.25. The molecule has 0 fully saturated rings. The number of hydrogen-bond acceptors (Lipinski definition) is 3. The van der Waals surface area contributed by atoms with E-state index in [2.05, 4.69) is 13.8 Å². The van der Waals surface area contributed by atoms with Gasteiger partial charge in [-0.15, -0.1) is 0 Å². The van der Waals surface area contributed by atoms with E-state index in [0.717, 1.165) is 52.0 Å². The summed E-state index contributed by atoms with van der Waals surface area (Å²) in [6, 6.07) is 11.8. The summed E-state index contributed by atoms with van der Waals surface area (Å²) < 4.78 is 7.66. The van der Waals surface area contributed by atoms with Crippen molar-refractivity contribution >= 4 is 23.1 Å². The van der Waals surface area contributed by atoms with Gasteiger partial charge in [-0.3, -0.25) is 0 Å². The topological polar surface area (TPSA) is 43.3 Å². The smallest absolute Gasteiger partial charge is 0.159 e. The summed E-state index contributed by atoms with van der Waals surface area (Å²) >= 11 is 6.04. The Bertz CT molecular complexity index is 892. The molecule has 0 saturated heterocycles. The Morgan fingerprint density at radius 1 is 1.25 bits per heavy atom. The second-order valence-corrected chi connectivity index (χ2v) is 6.47. The SMILES string of the molecule is CCc1nn2c(c1-c1ccc(Cl)cc1)N=C(C)C[C@H]2c1ccco1. The average Bonchev–Trinajstić information content (AvgIpc) is 3.22. The Kier molecular flexibility index (Phi) is 3.77. The summed E-state index contributed by atoms with van der Waals surface area (Å²) in [6.45, 7) is 4.18. The van der Waals surface area contributed by atoms with Gasteiger partial charge in [0, 0.05) is 22.7 Å². The van der Waals surface area contributed by atoms with Gasteiger partial charge in [0.2, 0.25) is 0 Å². The number of nitrogens with zero attached hydrogens (tertiary/aromatic N) is 3. The molecule has 1 atom stereocenters. The van der Waals surface area contributed by atoms with Crippen LogP contribution >= 0.6 is 11.6 Å². The Hall–Kier alpha value is -2.33. The molecule has 0 radical (unpaired) electrons. The molecule has 5 heteroatoms. The molecule has 0 spiro atoms. The van der Waals surface area contributed by atoms with E-state index in [1.165, 1.54) is 0 Å². The first-order valence-electron chi connectivity index (χ1n) is 8.12. The second-order valence-electron chi connectivity index (χ2n) is 6.03. The van der Waals surface area contributed by atoms with Gasteiger partial charge in [-0.25, -0.2) is 9.67 Å². The number of aliphatic imine (C=N–C) groups is 1. The van der Waals surface area contributed by atoms with Crippen LogP contribution < -0.4 is 0 Å². The first-order chi connectivity index (χ1) is 11.7. The first-order valence-corrected chi connectivity index (χ1v) is 8.50. The predicted molar refractivity (Wildman–Crippen MR) is 96.3 cm³/mol. The van der Waals surface area contributed by atoms with Crippen LogP contribution in [0.4, 0.5) is 5.82 Å². The lowest BCUT2D eigenvalue weighted by Crippen LogP contribution is -2.18. The molecule has 24 heavy (non-hydrogen) atoms. The molecule has 3 heterocycles. The van der Waals surface area contributed by atoms with E-state index in [0.29, 0.717) is 0 Å². The van der Waals surface area contributed by atoms with Gasteiger partial charge in [0.1, 0.15) is 11.8 Å². The van der Waals surface area contributed by atoms with Gasteiger partial charge < -0.3 is 4.42 Å². The van der Waals surface area contributed by atoms with Crippen LogP contribution in [0.15, 0.2) is 52.1 Å². The van der Waals surface area contributed by atoms with Crippen molar-refractivity contribution in [3.05, 3.63) is 59.1 Å². The summed E-state index contributed by atoms with van der Waals surface area (Å²) in [6.07, 6.45) is 3.36. The lowest BCUT2D eigenvalue weighted by atomic mass is 10.0. The lowest BCUT2D eigenvalue weighted by molar-refractivity contribution is 0.408. The standard InChI is InChI=1S/C19H18ClN3O/c1-3-15-18(13-6-8-14(20)9-7-13)19-21-12(2)11-16(23(19)22-15)17-5-4-10-24-17/h4-10,16H,3,11H2,1-2H3/t16-/m0/s1. The number of fused-ring (bicyclic) bond motifs is 1. The lowest BCUT2D eigenvalue weighted by Gasteiger charge is -2.21. The molecule has 2 aromatic heterocycles. The average molecular weight is 340 g/mol. The highest BCUT2D eigenvalue weighted by Gasteiger charge is 2.29. The third-order valence-corrected chi connectivity index (χ3v) is 4.63. The highest BCUT2D eigenvalue weighted by molar-refractivity contribution is 6.30. The minimum absolute atomic E-state index is 0.0545. The molecule has 0 unspecified atom stereocenters. The van der Waals surface area contributed by atoms with Gasteiger partial charge in [-0.2, -0.15) is 5.10 Å². The van der Waals surface area contributed by atoms with Gasteiger partial charge in [0.05, 0.1) is 12.0 Å². The number of furan rings is 1. The number of aromatic nitrogens is 2. The number of aryl methyl sites for hydroxylation is 1. The molecule has 0 bridgehead atoms. The molecule has 0 N–H and O–H groups in total. The third kappa shape index (κ3) is 2.47. The van der Waals surface area contributed by atoms with E-state index in [4.69, 9.17) is 26.1 Å². The molecule has 3 aromatic rings. The second kappa shape index (κ2) is 5.95. The van der Waals surface area contributed by atoms with Gasteiger partial charge in [-0.05, 0) is 43.2 Å². The summed E-state index contributed by atoms with van der Waals surface area (Å²) in [4.78, 5) is 4.82. The maximum atomic E-state index is 6.04. The quantitative estimate of drug-likeness (QED) is 0.637. The zero-order chi connectivity index (χ0) is 16.7. The van der Waals surface area contributed by atoms with Crippen LogP contribution in [-0.4, -0.2) is 15.5 Å². The molecule has 0 aliphatic carbocycles. The van der Waals surface area contributed by atoms with Crippen molar-refractivity contribution in [2.75, 3.05) is 0 Å². The molecule has 1 aliphatic heterocycles. The van der Waals surface area contributed by atoms with Crippen molar-refractivity contribution in [2.24, 2.45) is 4.99 Å². The predicted octanol–water partition coefficient (Wildman–Crippen LogP) is 5.44. The minimum Gasteiger partial charge on any atom is -0.467 e. The monoisotopic (exact) mass is 339 g/mol. The number of halogens is 1. The van der Waals surface area contributed by atoms with E-state index in [1.54, 1.807) is 6.26 Å². The van der Waals surface area contributed by atoms with Gasteiger partial charge >= 0.3 is 0 Å². The van der Waals surface area contributed by atoms with Crippen molar-refractivity contribution in [3.63, 3.8) is 0 Å². The van der Waals surface area contributed by atoms with E-state index >= 15 is 0 Å². The van der Waals surface area contributed by atoms with Crippen LogP contribution in [0.3, 0.4) is 0 Å². The van der Waals surface area contributed by atoms with E-state index in [-0.39, 0.29) is 6.04 Å². The van der Waals surface area contributed by atoms with Gasteiger partial charge in [0.25, 0.3) is 0 Å². The molecule has 0 saturated carbocycles. The first kappa shape index (κ1) is 15.2. The number of hydrogen-bond donors (Lipinski definition) is 0. The fourth-order valence-corrected chi connectivity index (χ4v) is 3.38. The summed E-state index contributed by atoms with van der Waals surface area (Å²) in [7, 11) is 0. The Balaban J connectivity index is 1.92. The molecule has 4 nitrogen and oxygen atoms in total. The van der Waals surface area contributed by atoms with Crippen molar-refractivity contribution < 1.29 is 4.42 Å². The van der Waals surface area contributed by atoms with Crippen LogP contribution in [0.5, 0.6) is 0 Å². The zero-order valence-corrected chi connectivity index (χ0v) is 14.4. The van der Waals surface area contributed by atoms with E-state index in [9.17, 15) is 0 Å². The number of rotatable bonds is 3. The maximum absolute atomic E-state index is 6.04. The maximum Gasteiger partial charge on any atom is 0.159 e. The zero-order valence-electron chi connectivity index (χ0n) is 13.7.